The zero-order chi connectivity index (χ0) is 30.3. The lowest BCUT2D eigenvalue weighted by Gasteiger charge is -2.28. The van der Waals surface area contributed by atoms with Gasteiger partial charge in [-0.3, -0.25) is 10.4 Å². The van der Waals surface area contributed by atoms with Gasteiger partial charge in [0.2, 0.25) is 0 Å². The van der Waals surface area contributed by atoms with Gasteiger partial charge in [0.25, 0.3) is 0 Å². The number of fused-ring (bicyclic) bond motifs is 3. The monoisotopic (exact) mass is 584 g/mol. The van der Waals surface area contributed by atoms with Gasteiger partial charge in [-0.15, -0.1) is 0 Å². The van der Waals surface area contributed by atoms with Crippen LogP contribution in [0.1, 0.15) is 28.2 Å². The summed E-state index contributed by atoms with van der Waals surface area (Å²) in [6.07, 6.45) is 0.806. The molecule has 6 rings (SSSR count). The van der Waals surface area contributed by atoms with Crippen molar-refractivity contribution in [2.24, 2.45) is 5.73 Å². The van der Waals surface area contributed by atoms with Crippen molar-refractivity contribution in [3.63, 3.8) is 0 Å². The van der Waals surface area contributed by atoms with E-state index in [1.807, 2.05) is 97.1 Å². The second-order valence-corrected chi connectivity index (χ2v) is 11.2. The van der Waals surface area contributed by atoms with E-state index in [2.05, 4.69) is 34.7 Å². The lowest BCUT2D eigenvalue weighted by Crippen LogP contribution is -2.50. The number of benzene rings is 4. The summed E-state index contributed by atoms with van der Waals surface area (Å²) < 4.78 is 5.81. The van der Waals surface area contributed by atoms with Crippen molar-refractivity contribution in [2.75, 3.05) is 13.2 Å². The topological polar surface area (TPSA) is 101 Å². The van der Waals surface area contributed by atoms with E-state index in [0.29, 0.717) is 13.0 Å². The molecule has 222 valence electrons. The Morgan fingerprint density at radius 2 is 1.45 bits per heavy atom. The highest BCUT2D eigenvalue weighted by atomic mass is 16.6. The summed E-state index contributed by atoms with van der Waals surface area (Å²) in [6.45, 7) is 0.671. The fraction of sp³-hybridized carbons (Fsp3) is 0.189. The van der Waals surface area contributed by atoms with Crippen molar-refractivity contribution in [3.05, 3.63) is 150 Å². The molecule has 1 aliphatic carbocycles. The molecule has 0 saturated carbocycles. The zero-order valence-corrected chi connectivity index (χ0v) is 24.4. The number of hydrogen-bond donors (Lipinski definition) is 3. The number of aromatic nitrogens is 1. The van der Waals surface area contributed by atoms with Crippen molar-refractivity contribution in [1.29, 1.82) is 0 Å². The molecular weight excluding hydrogens is 548 g/mol. The van der Waals surface area contributed by atoms with Crippen LogP contribution in [0.25, 0.3) is 22.4 Å². The molecule has 4 aromatic carbocycles. The van der Waals surface area contributed by atoms with E-state index < -0.39 is 18.2 Å². The lowest BCUT2D eigenvalue weighted by molar-refractivity contribution is 0.0503. The van der Waals surface area contributed by atoms with Gasteiger partial charge in [-0.05, 0) is 51.9 Å². The van der Waals surface area contributed by atoms with Crippen molar-refractivity contribution in [2.45, 2.75) is 31.0 Å². The van der Waals surface area contributed by atoms with Gasteiger partial charge < -0.3 is 15.6 Å². The number of hydrogen-bond acceptors (Lipinski definition) is 6. The van der Waals surface area contributed by atoms with Crippen molar-refractivity contribution >= 4 is 6.09 Å². The summed E-state index contributed by atoms with van der Waals surface area (Å²) in [5.41, 5.74) is 17.8. The minimum Gasteiger partial charge on any atom is -0.448 e. The van der Waals surface area contributed by atoms with E-state index in [0.717, 1.165) is 33.5 Å². The summed E-state index contributed by atoms with van der Waals surface area (Å²) in [6, 6.07) is 39.6. The predicted molar refractivity (Wildman–Crippen MR) is 172 cm³/mol. The number of carbonyl (C=O) groups excluding carboxylic acids is 1. The molecule has 0 unspecified atom stereocenters. The molecule has 2 atom stereocenters. The largest absolute Gasteiger partial charge is 0.448 e. The van der Waals surface area contributed by atoms with Crippen molar-refractivity contribution < 1.29 is 14.6 Å². The molecule has 0 bridgehead atoms. The maximum atomic E-state index is 13.2. The Labute approximate surface area is 257 Å². The molecule has 0 saturated heterocycles. The van der Waals surface area contributed by atoms with Crippen LogP contribution in [-0.4, -0.2) is 46.5 Å². The summed E-state index contributed by atoms with van der Waals surface area (Å²) >= 11 is 0. The van der Waals surface area contributed by atoms with Crippen molar-refractivity contribution in [3.8, 4) is 22.4 Å². The van der Waals surface area contributed by atoms with Gasteiger partial charge in [-0.1, -0.05) is 109 Å². The fourth-order valence-corrected chi connectivity index (χ4v) is 5.83. The molecule has 44 heavy (non-hydrogen) atoms. The van der Waals surface area contributed by atoms with Crippen LogP contribution in [0.2, 0.25) is 0 Å². The quantitative estimate of drug-likeness (QED) is 0.166. The Balaban J connectivity index is 1.14. The number of hydrazine groups is 1. The SMILES string of the molecule is N[C@@H](Cc1ccccc1)[C@@H](O)CN(Cc1ccc(-c2ccccn2)cc1)NC(=O)OCC1c2ccccc2-c2ccccc21. The van der Waals surface area contributed by atoms with E-state index in [-0.39, 0.29) is 19.1 Å². The molecule has 1 heterocycles. The number of nitrogens with one attached hydrogen (secondary N) is 1. The van der Waals surface area contributed by atoms with Crippen LogP contribution in [0, 0.1) is 0 Å². The van der Waals surface area contributed by atoms with E-state index in [4.69, 9.17) is 10.5 Å². The maximum absolute atomic E-state index is 13.2. The first-order chi connectivity index (χ1) is 21.5. The van der Waals surface area contributed by atoms with Crippen LogP contribution in [0.5, 0.6) is 0 Å². The molecule has 1 amide bonds. The molecular formula is C37H36N4O3. The van der Waals surface area contributed by atoms with Crippen LogP contribution in [0.15, 0.2) is 128 Å². The third-order valence-corrected chi connectivity index (χ3v) is 8.10. The number of pyridine rings is 1. The zero-order valence-electron chi connectivity index (χ0n) is 24.4. The first-order valence-electron chi connectivity index (χ1n) is 14.9. The van der Waals surface area contributed by atoms with E-state index >= 15 is 0 Å². The Morgan fingerprint density at radius 3 is 2.11 bits per heavy atom. The molecule has 1 aliphatic rings. The second kappa shape index (κ2) is 13.7. The number of ether oxygens (including phenoxy) is 1. The number of aliphatic hydroxyl groups excluding tert-OH is 1. The predicted octanol–water partition coefficient (Wildman–Crippen LogP) is 5.94. The number of nitrogens with two attached hydrogens (primary N) is 1. The minimum absolute atomic E-state index is 0.0503. The van der Waals surface area contributed by atoms with Gasteiger partial charge in [0.05, 0.1) is 11.8 Å². The number of aliphatic hydroxyl groups is 1. The molecule has 0 fully saturated rings. The van der Waals surface area contributed by atoms with Gasteiger partial charge in [0.1, 0.15) is 6.61 Å². The molecule has 0 spiro atoms. The van der Waals surface area contributed by atoms with Gasteiger partial charge in [-0.2, -0.15) is 0 Å². The molecule has 4 N–H and O–H groups in total. The van der Waals surface area contributed by atoms with E-state index in [9.17, 15) is 9.90 Å². The Bertz CT molecular complexity index is 1630. The number of nitrogens with zero attached hydrogens (tertiary/aromatic N) is 2. The molecule has 7 heteroatoms. The van der Waals surface area contributed by atoms with Crippen molar-refractivity contribution in [1.82, 2.24) is 15.4 Å². The number of rotatable bonds is 11. The highest BCUT2D eigenvalue weighted by Crippen LogP contribution is 2.44. The minimum atomic E-state index is -0.892. The number of carbonyl (C=O) groups is 1. The average molecular weight is 585 g/mol. The molecule has 1 aromatic heterocycles. The van der Waals surface area contributed by atoms with Crippen LogP contribution in [-0.2, 0) is 17.7 Å². The number of amides is 1. The molecule has 0 radical (unpaired) electrons. The summed E-state index contributed by atoms with van der Waals surface area (Å²) in [4.78, 5) is 17.6. The standard InChI is InChI=1S/C37H36N4O3/c38-34(22-26-10-2-1-3-11-26)36(42)24-41(23-27-17-19-28(20-18-27)35-16-8-9-21-39-35)40-37(43)44-25-33-31-14-6-4-12-29(31)30-13-5-7-15-32(30)33/h1-21,33-34,36,42H,22-25,38H2,(H,40,43)/t34-,36-/m0/s1. The molecule has 5 aromatic rings. The maximum Gasteiger partial charge on any atom is 0.421 e. The van der Waals surface area contributed by atoms with Crippen LogP contribution < -0.4 is 11.2 Å². The van der Waals surface area contributed by atoms with E-state index in [1.54, 1.807) is 11.2 Å². The molecule has 0 aliphatic heterocycles. The summed E-state index contributed by atoms with van der Waals surface area (Å²) in [5.74, 6) is -0.0503. The Kier molecular flexibility index (Phi) is 9.08. The van der Waals surface area contributed by atoms with Gasteiger partial charge >= 0.3 is 6.09 Å². The highest BCUT2D eigenvalue weighted by Gasteiger charge is 2.29. The smallest absolute Gasteiger partial charge is 0.421 e. The first-order valence-corrected chi connectivity index (χ1v) is 14.9. The molecule has 7 nitrogen and oxygen atoms in total. The van der Waals surface area contributed by atoms with Crippen LogP contribution in [0.3, 0.4) is 0 Å². The van der Waals surface area contributed by atoms with E-state index in [1.165, 1.54) is 11.1 Å². The first kappa shape index (κ1) is 29.3. The van der Waals surface area contributed by atoms with Gasteiger partial charge in [0, 0.05) is 36.8 Å². The Hall–Kier alpha value is -4.82. The van der Waals surface area contributed by atoms with Crippen LogP contribution in [0.4, 0.5) is 4.79 Å². The van der Waals surface area contributed by atoms with Crippen LogP contribution >= 0.6 is 0 Å². The third kappa shape index (κ3) is 6.87. The second-order valence-electron chi connectivity index (χ2n) is 11.2. The normalized spacial score (nSPS) is 13.6. The fourth-order valence-electron chi connectivity index (χ4n) is 5.83. The third-order valence-electron chi connectivity index (χ3n) is 8.10. The van der Waals surface area contributed by atoms with Gasteiger partial charge in [-0.25, -0.2) is 9.80 Å². The average Bonchev–Trinajstić information content (AvgIpc) is 3.38. The van der Waals surface area contributed by atoms with Gasteiger partial charge in [0.15, 0.2) is 0 Å². The lowest BCUT2D eigenvalue weighted by atomic mass is 9.98. The Morgan fingerprint density at radius 1 is 0.818 bits per heavy atom. The summed E-state index contributed by atoms with van der Waals surface area (Å²) in [7, 11) is 0. The highest BCUT2D eigenvalue weighted by molar-refractivity contribution is 5.79. The summed E-state index contributed by atoms with van der Waals surface area (Å²) in [5, 5.41) is 12.8.